The number of aliphatic carboxylic acids is 1. The lowest BCUT2D eigenvalue weighted by atomic mass is 10.00. The molecule has 0 aliphatic carbocycles. The summed E-state index contributed by atoms with van der Waals surface area (Å²) in [5.74, 6) is -0.839. The number of hydrogen-bond donors (Lipinski definition) is 3. The summed E-state index contributed by atoms with van der Waals surface area (Å²) in [5.41, 5.74) is 1.36. The minimum Gasteiger partial charge on any atom is -0.497 e. The van der Waals surface area contributed by atoms with Gasteiger partial charge in [0.05, 0.1) is 48.6 Å². The molecule has 2 unspecified atom stereocenters. The molecule has 3 aromatic rings. The molecule has 2 fully saturated rings. The Morgan fingerprint density at radius 2 is 1.82 bits per heavy atom. The third-order valence-electron chi connectivity index (χ3n) is 9.79. The Kier molecular flexibility index (Phi) is 12.8. The Bertz CT molecular complexity index is 1970. The number of fused-ring (bicyclic) bond motifs is 2. The van der Waals surface area contributed by atoms with Crippen LogP contribution in [0.4, 0.5) is 4.79 Å². The number of carbonyl (C=O) groups is 2. The van der Waals surface area contributed by atoms with Gasteiger partial charge in [-0.3, -0.25) is 9.42 Å². The predicted molar refractivity (Wildman–Crippen MR) is 198 cm³/mol. The van der Waals surface area contributed by atoms with E-state index in [1.807, 2.05) is 11.8 Å². The number of carboxylic acids is 1. The van der Waals surface area contributed by atoms with Gasteiger partial charge in [0.25, 0.3) is 0 Å². The quantitative estimate of drug-likeness (QED) is 0.179. The number of aliphatic hydroxyl groups is 1. The number of para-hydroxylation sites is 1. The van der Waals surface area contributed by atoms with Crippen LogP contribution < -0.4 is 19.9 Å². The number of ether oxygens (including phenoxy) is 4. The lowest BCUT2D eigenvalue weighted by molar-refractivity contribution is -0.139. The van der Waals surface area contributed by atoms with E-state index in [0.29, 0.717) is 24.3 Å². The van der Waals surface area contributed by atoms with Crippen molar-refractivity contribution < 1.29 is 60.8 Å². The molecule has 0 radical (unpaired) electrons. The largest absolute Gasteiger partial charge is 0.497 e. The maximum atomic E-state index is 13.8. The number of alkyl carbamates (subject to hydrolysis) is 1. The lowest BCUT2D eigenvalue weighted by Gasteiger charge is -2.36. The van der Waals surface area contributed by atoms with Gasteiger partial charge in [0.15, 0.2) is 12.9 Å². The zero-order valence-corrected chi connectivity index (χ0v) is 32.4. The van der Waals surface area contributed by atoms with E-state index in [0.717, 1.165) is 5.56 Å². The summed E-state index contributed by atoms with van der Waals surface area (Å²) in [4.78, 5) is 26.5. The summed E-state index contributed by atoms with van der Waals surface area (Å²) < 4.78 is 75.7. The fourth-order valence-electron chi connectivity index (χ4n) is 6.97. The van der Waals surface area contributed by atoms with Crippen LogP contribution in [0.3, 0.4) is 0 Å². The molecule has 3 aromatic carbocycles. The van der Waals surface area contributed by atoms with Gasteiger partial charge < -0.3 is 39.0 Å². The Labute approximate surface area is 319 Å². The molecule has 298 valence electrons. The number of amides is 1. The van der Waals surface area contributed by atoms with Crippen LogP contribution in [-0.2, 0) is 44.7 Å². The van der Waals surface area contributed by atoms with E-state index in [1.165, 1.54) is 29.6 Å². The molecule has 3 aliphatic heterocycles. The molecule has 0 saturated carbocycles. The van der Waals surface area contributed by atoms with E-state index in [2.05, 4.69) is 5.32 Å². The van der Waals surface area contributed by atoms with Crippen molar-refractivity contribution in [1.82, 2.24) is 14.5 Å². The van der Waals surface area contributed by atoms with Gasteiger partial charge in [-0.05, 0) is 73.0 Å². The average molecular weight is 804 g/mol. The van der Waals surface area contributed by atoms with E-state index in [-0.39, 0.29) is 60.6 Å². The Balaban J connectivity index is 1.17. The van der Waals surface area contributed by atoms with E-state index >= 15 is 0 Å². The summed E-state index contributed by atoms with van der Waals surface area (Å²) in [5, 5.41) is 23.8. The van der Waals surface area contributed by atoms with Gasteiger partial charge in [0.1, 0.15) is 17.6 Å². The molecule has 3 aliphatic rings. The standard InChI is InChI=1S/C37H46N3O13PS/c1-24-18-40(55(46,47)34-14-11-27(48-3)17-30(24)34)21-32(41)31(38-37(44)52-33-22-50-36-29(33)15-16-49-36)20-39(2)19-25-9-12-28(13-10-25)54(45,51-23-35(42)43)53-26-7-5-4-6-8-26/h4-14,17,24,29,31-33,36,41H,15-16,18-23H2,1-3H3,(H,38,44)(H,42,43)/t24?,29-,31-,32+,33-,36+,54?/m0/s1. The highest BCUT2D eigenvalue weighted by atomic mass is 32.2. The number of hydrogen-bond acceptors (Lipinski definition) is 13. The van der Waals surface area contributed by atoms with Gasteiger partial charge in [0.2, 0.25) is 10.0 Å². The van der Waals surface area contributed by atoms with Crippen molar-refractivity contribution in [2.45, 2.75) is 55.2 Å². The Morgan fingerprint density at radius 3 is 2.53 bits per heavy atom. The van der Waals surface area contributed by atoms with Crippen molar-refractivity contribution in [3.63, 3.8) is 0 Å². The molecule has 16 nitrogen and oxygen atoms in total. The lowest BCUT2D eigenvalue weighted by Crippen LogP contribution is -2.55. The zero-order chi connectivity index (χ0) is 39.3. The minimum atomic E-state index is -4.10. The fourth-order valence-corrected chi connectivity index (χ4v) is 10.3. The monoisotopic (exact) mass is 803 g/mol. The van der Waals surface area contributed by atoms with E-state index in [4.69, 9.17) is 28.0 Å². The van der Waals surface area contributed by atoms with Crippen LogP contribution >= 0.6 is 7.60 Å². The van der Waals surface area contributed by atoms with E-state index in [1.54, 1.807) is 61.6 Å². The first-order chi connectivity index (χ1) is 26.3. The second kappa shape index (κ2) is 17.4. The van der Waals surface area contributed by atoms with Gasteiger partial charge in [0, 0.05) is 26.2 Å². The first-order valence-electron chi connectivity index (χ1n) is 17.8. The summed E-state index contributed by atoms with van der Waals surface area (Å²) in [7, 11) is -4.82. The molecule has 0 bridgehead atoms. The summed E-state index contributed by atoms with van der Waals surface area (Å²) in [6, 6.07) is 18.5. The van der Waals surface area contributed by atoms with Crippen molar-refractivity contribution in [3.05, 3.63) is 83.9 Å². The molecule has 6 rings (SSSR count). The maximum Gasteiger partial charge on any atom is 0.411 e. The molecule has 3 heterocycles. The number of carboxylic acid groups (broad SMARTS) is 1. The van der Waals surface area contributed by atoms with Gasteiger partial charge in [-0.15, -0.1) is 0 Å². The van der Waals surface area contributed by atoms with Crippen molar-refractivity contribution in [3.8, 4) is 11.5 Å². The smallest absolute Gasteiger partial charge is 0.411 e. The number of sulfonamides is 1. The van der Waals surface area contributed by atoms with Crippen molar-refractivity contribution in [1.29, 1.82) is 0 Å². The molecular formula is C37H46N3O13PS. The molecular weight excluding hydrogens is 757 g/mol. The van der Waals surface area contributed by atoms with Crippen molar-refractivity contribution in [2.75, 3.05) is 53.6 Å². The normalized spacial score (nSPS) is 23.9. The van der Waals surface area contributed by atoms with E-state index in [9.17, 15) is 32.8 Å². The second-order valence-electron chi connectivity index (χ2n) is 13.8. The first-order valence-corrected chi connectivity index (χ1v) is 20.8. The summed E-state index contributed by atoms with van der Waals surface area (Å²) in [6.45, 7) is 1.89. The Hall–Kier alpha value is -4.06. The number of nitrogens with zero attached hydrogens (tertiary/aromatic N) is 2. The minimum absolute atomic E-state index is 0.0723. The number of benzene rings is 3. The highest BCUT2D eigenvalue weighted by Gasteiger charge is 2.44. The van der Waals surface area contributed by atoms with E-state index < -0.39 is 60.8 Å². The SMILES string of the molecule is COc1ccc2c(c1)C(C)CN(C[C@@H](O)[C@H](CN(C)Cc1ccc(P(=O)(OCC(=O)O)Oc3ccccc3)cc1)NC(=O)O[C@H]1CO[C@H]3OCC[C@H]31)S2(=O)=O. The molecule has 55 heavy (non-hydrogen) atoms. The predicted octanol–water partition coefficient (Wildman–Crippen LogP) is 3.15. The molecule has 7 atom stereocenters. The van der Waals surface area contributed by atoms with Crippen molar-refractivity contribution >= 4 is 35.0 Å². The third kappa shape index (κ3) is 9.67. The maximum absolute atomic E-state index is 13.8. The number of likely N-dealkylation sites (N-methyl/N-ethyl adjacent to an activating group) is 1. The molecule has 1 amide bonds. The van der Waals surface area contributed by atoms with Gasteiger partial charge in [-0.1, -0.05) is 37.3 Å². The molecule has 0 spiro atoms. The number of aliphatic hydroxyl groups excluding tert-OH is 1. The second-order valence-corrected chi connectivity index (χ2v) is 17.7. The van der Waals surface area contributed by atoms with Crippen LogP contribution in [0.5, 0.6) is 11.5 Å². The average Bonchev–Trinajstić information content (AvgIpc) is 3.78. The first kappa shape index (κ1) is 40.6. The van der Waals surface area contributed by atoms with Gasteiger partial charge in [-0.2, -0.15) is 4.31 Å². The number of rotatable bonds is 16. The van der Waals surface area contributed by atoms with Gasteiger partial charge >= 0.3 is 19.7 Å². The molecule has 0 aromatic heterocycles. The van der Waals surface area contributed by atoms with Crippen LogP contribution in [-0.4, -0.2) is 118 Å². The third-order valence-corrected chi connectivity index (χ3v) is 13.5. The number of nitrogens with one attached hydrogen (secondary N) is 1. The summed E-state index contributed by atoms with van der Waals surface area (Å²) >= 11 is 0. The molecule has 18 heteroatoms. The Morgan fingerprint density at radius 1 is 1.07 bits per heavy atom. The number of carbonyl (C=O) groups excluding carboxylic acids is 1. The number of β-amino-alcohol motifs (C(OH)–C–C–N with tert-alkyl or cyclic N) is 1. The summed E-state index contributed by atoms with van der Waals surface area (Å²) in [6.07, 6.45) is -2.44. The number of methoxy groups -OCH3 is 1. The van der Waals surface area contributed by atoms with Crippen LogP contribution in [0, 0.1) is 5.92 Å². The fraction of sp³-hybridized carbons (Fsp3) is 0.459. The van der Waals surface area contributed by atoms with Crippen LogP contribution in [0.25, 0.3) is 0 Å². The van der Waals surface area contributed by atoms with Crippen LogP contribution in [0.1, 0.15) is 30.4 Å². The highest BCUT2D eigenvalue weighted by molar-refractivity contribution is 7.89. The van der Waals surface area contributed by atoms with Crippen LogP contribution in [0.15, 0.2) is 77.7 Å². The van der Waals surface area contributed by atoms with Crippen molar-refractivity contribution in [2.24, 2.45) is 5.92 Å². The van der Waals surface area contributed by atoms with Crippen LogP contribution in [0.2, 0.25) is 0 Å². The topological polar surface area (TPSA) is 200 Å². The highest BCUT2D eigenvalue weighted by Crippen LogP contribution is 2.47. The zero-order valence-electron chi connectivity index (χ0n) is 30.7. The molecule has 3 N–H and O–H groups in total. The van der Waals surface area contributed by atoms with Gasteiger partial charge in [-0.25, -0.2) is 22.6 Å². The molecule has 2 saturated heterocycles.